The predicted octanol–water partition coefficient (Wildman–Crippen LogP) is 2.93. The molecule has 1 aromatic carbocycles. The summed E-state index contributed by atoms with van der Waals surface area (Å²) >= 11 is 0. The van der Waals surface area contributed by atoms with E-state index < -0.39 is 11.7 Å². The Morgan fingerprint density at radius 3 is 2.79 bits per heavy atom. The van der Waals surface area contributed by atoms with E-state index >= 15 is 0 Å². The molecule has 0 aromatic heterocycles. The van der Waals surface area contributed by atoms with Gasteiger partial charge in [-0.05, 0) is 31.4 Å². The molecule has 0 fully saturated rings. The molecular formula is C15H22FNO2. The number of hydrogen-bond acceptors (Lipinski definition) is 2. The smallest absolute Gasteiger partial charge is 0.254 e. The minimum Gasteiger partial charge on any atom is -0.380 e. The van der Waals surface area contributed by atoms with Crippen molar-refractivity contribution in [1.29, 1.82) is 0 Å². The zero-order valence-electron chi connectivity index (χ0n) is 11.8. The second-order valence-electron chi connectivity index (χ2n) is 5.03. The van der Waals surface area contributed by atoms with Crippen LogP contribution in [-0.4, -0.2) is 25.7 Å². The summed E-state index contributed by atoms with van der Waals surface area (Å²) in [6.07, 6.45) is 1.00. The van der Waals surface area contributed by atoms with Gasteiger partial charge in [0.25, 0.3) is 5.91 Å². The minimum atomic E-state index is -0.496. The highest BCUT2D eigenvalue weighted by atomic mass is 19.1. The molecule has 0 saturated carbocycles. The monoisotopic (exact) mass is 267 g/mol. The van der Waals surface area contributed by atoms with E-state index in [1.165, 1.54) is 6.07 Å². The van der Waals surface area contributed by atoms with Gasteiger partial charge in [0.2, 0.25) is 0 Å². The van der Waals surface area contributed by atoms with Gasteiger partial charge < -0.3 is 10.1 Å². The maximum atomic E-state index is 13.4. The van der Waals surface area contributed by atoms with E-state index in [9.17, 15) is 9.18 Å². The van der Waals surface area contributed by atoms with Crippen molar-refractivity contribution in [2.75, 3.05) is 19.8 Å². The number of rotatable bonds is 7. The molecule has 19 heavy (non-hydrogen) atoms. The Hall–Kier alpha value is -1.42. The number of carbonyl (C=O) groups excluding carboxylic acids is 1. The van der Waals surface area contributed by atoms with E-state index in [4.69, 9.17) is 4.74 Å². The fraction of sp³-hybridized carbons (Fsp3) is 0.533. The summed E-state index contributed by atoms with van der Waals surface area (Å²) in [5, 5.41) is 2.65. The Balaban J connectivity index is 2.29. The van der Waals surface area contributed by atoms with Gasteiger partial charge in [0.15, 0.2) is 0 Å². The van der Waals surface area contributed by atoms with Crippen LogP contribution in [0.25, 0.3) is 0 Å². The second kappa shape index (κ2) is 7.89. The van der Waals surface area contributed by atoms with Gasteiger partial charge in [0.1, 0.15) is 5.82 Å². The summed E-state index contributed by atoms with van der Waals surface area (Å²) in [5.41, 5.74) is 0.946. The highest BCUT2D eigenvalue weighted by Crippen LogP contribution is 2.09. The van der Waals surface area contributed by atoms with Crippen LogP contribution in [0.2, 0.25) is 0 Å². The van der Waals surface area contributed by atoms with Crippen molar-refractivity contribution in [3.8, 4) is 0 Å². The average molecular weight is 267 g/mol. The first-order valence-electron chi connectivity index (χ1n) is 6.62. The summed E-state index contributed by atoms with van der Waals surface area (Å²) in [6, 6.07) is 4.49. The molecular weight excluding hydrogens is 245 g/mol. The number of carbonyl (C=O) groups is 1. The van der Waals surface area contributed by atoms with Crippen LogP contribution in [0.1, 0.15) is 36.2 Å². The van der Waals surface area contributed by atoms with Gasteiger partial charge >= 0.3 is 0 Å². The van der Waals surface area contributed by atoms with Crippen molar-refractivity contribution in [2.45, 2.75) is 27.2 Å². The SMILES string of the molecule is Cc1ccc(F)c(C(=O)NCCOCCC(C)C)c1. The Bertz CT molecular complexity index is 419. The molecule has 0 bridgehead atoms. The van der Waals surface area contributed by atoms with E-state index in [0.717, 1.165) is 12.0 Å². The molecule has 0 spiro atoms. The quantitative estimate of drug-likeness (QED) is 0.771. The van der Waals surface area contributed by atoms with Crippen molar-refractivity contribution in [3.05, 3.63) is 35.1 Å². The minimum absolute atomic E-state index is 0.0854. The summed E-state index contributed by atoms with van der Waals surface area (Å²) in [6.45, 7) is 7.62. The van der Waals surface area contributed by atoms with E-state index in [2.05, 4.69) is 19.2 Å². The van der Waals surface area contributed by atoms with Gasteiger partial charge in [-0.15, -0.1) is 0 Å². The van der Waals surface area contributed by atoms with Crippen molar-refractivity contribution in [2.24, 2.45) is 5.92 Å². The molecule has 4 heteroatoms. The maximum Gasteiger partial charge on any atom is 0.254 e. The largest absolute Gasteiger partial charge is 0.380 e. The van der Waals surface area contributed by atoms with Gasteiger partial charge in [-0.2, -0.15) is 0 Å². The summed E-state index contributed by atoms with van der Waals surface area (Å²) in [7, 11) is 0. The van der Waals surface area contributed by atoms with Crippen molar-refractivity contribution < 1.29 is 13.9 Å². The first-order valence-corrected chi connectivity index (χ1v) is 6.62. The molecule has 0 saturated heterocycles. The van der Waals surface area contributed by atoms with Gasteiger partial charge in [-0.1, -0.05) is 25.5 Å². The molecule has 0 radical (unpaired) electrons. The molecule has 0 unspecified atom stereocenters. The number of aryl methyl sites for hydroxylation is 1. The summed E-state index contributed by atoms with van der Waals surface area (Å²) in [4.78, 5) is 11.8. The second-order valence-corrected chi connectivity index (χ2v) is 5.03. The number of ether oxygens (including phenoxy) is 1. The Morgan fingerprint density at radius 2 is 2.11 bits per heavy atom. The number of hydrogen-bond donors (Lipinski definition) is 1. The lowest BCUT2D eigenvalue weighted by Gasteiger charge is -2.08. The number of nitrogens with one attached hydrogen (secondary N) is 1. The van der Waals surface area contributed by atoms with E-state index in [-0.39, 0.29) is 5.56 Å². The number of benzene rings is 1. The number of amides is 1. The predicted molar refractivity (Wildman–Crippen MR) is 73.7 cm³/mol. The lowest BCUT2D eigenvalue weighted by Crippen LogP contribution is -2.28. The molecule has 0 heterocycles. The van der Waals surface area contributed by atoms with Gasteiger partial charge in [-0.3, -0.25) is 4.79 Å². The molecule has 0 atom stereocenters. The van der Waals surface area contributed by atoms with Crippen molar-refractivity contribution in [3.63, 3.8) is 0 Å². The van der Waals surface area contributed by atoms with Crippen LogP contribution in [0.3, 0.4) is 0 Å². The van der Waals surface area contributed by atoms with Crippen LogP contribution in [0.4, 0.5) is 4.39 Å². The molecule has 106 valence electrons. The standard InChI is InChI=1S/C15H22FNO2/c1-11(2)6-8-19-9-7-17-15(18)13-10-12(3)4-5-14(13)16/h4-5,10-11H,6-9H2,1-3H3,(H,17,18). The average Bonchev–Trinajstić information content (AvgIpc) is 2.36. The molecule has 1 aromatic rings. The van der Waals surface area contributed by atoms with Crippen molar-refractivity contribution >= 4 is 5.91 Å². The Morgan fingerprint density at radius 1 is 1.37 bits per heavy atom. The lowest BCUT2D eigenvalue weighted by molar-refractivity contribution is 0.0902. The van der Waals surface area contributed by atoms with Gasteiger partial charge in [0, 0.05) is 13.2 Å². The van der Waals surface area contributed by atoms with Crippen LogP contribution in [0.15, 0.2) is 18.2 Å². The molecule has 3 nitrogen and oxygen atoms in total. The fourth-order valence-electron chi connectivity index (χ4n) is 1.57. The highest BCUT2D eigenvalue weighted by molar-refractivity contribution is 5.94. The Labute approximate surface area is 114 Å². The fourth-order valence-corrected chi connectivity index (χ4v) is 1.57. The molecule has 0 aliphatic rings. The topological polar surface area (TPSA) is 38.3 Å². The third-order valence-electron chi connectivity index (χ3n) is 2.74. The molecule has 0 aliphatic heterocycles. The van der Waals surface area contributed by atoms with Crippen LogP contribution in [0, 0.1) is 18.7 Å². The molecule has 1 N–H and O–H groups in total. The normalized spacial score (nSPS) is 10.8. The molecule has 1 amide bonds. The first kappa shape index (κ1) is 15.6. The zero-order chi connectivity index (χ0) is 14.3. The van der Waals surface area contributed by atoms with Crippen LogP contribution in [-0.2, 0) is 4.74 Å². The summed E-state index contributed by atoms with van der Waals surface area (Å²) < 4.78 is 18.8. The molecule has 1 rings (SSSR count). The highest BCUT2D eigenvalue weighted by Gasteiger charge is 2.10. The summed E-state index contributed by atoms with van der Waals surface area (Å²) in [5.74, 6) is -0.284. The van der Waals surface area contributed by atoms with Gasteiger partial charge in [-0.25, -0.2) is 4.39 Å². The van der Waals surface area contributed by atoms with Crippen LogP contribution < -0.4 is 5.32 Å². The van der Waals surface area contributed by atoms with Crippen LogP contribution >= 0.6 is 0 Å². The van der Waals surface area contributed by atoms with Crippen LogP contribution in [0.5, 0.6) is 0 Å². The van der Waals surface area contributed by atoms with Gasteiger partial charge in [0.05, 0.1) is 12.2 Å². The van der Waals surface area contributed by atoms with E-state index in [0.29, 0.717) is 25.7 Å². The molecule has 0 aliphatic carbocycles. The van der Waals surface area contributed by atoms with E-state index in [1.54, 1.807) is 12.1 Å². The Kier molecular flexibility index (Phi) is 6.50. The number of halogens is 1. The maximum absolute atomic E-state index is 13.4. The third kappa shape index (κ3) is 5.83. The first-order chi connectivity index (χ1) is 9.00. The van der Waals surface area contributed by atoms with Crippen molar-refractivity contribution in [1.82, 2.24) is 5.32 Å². The van der Waals surface area contributed by atoms with E-state index in [1.807, 2.05) is 6.92 Å². The third-order valence-corrected chi connectivity index (χ3v) is 2.74. The lowest BCUT2D eigenvalue weighted by atomic mass is 10.1. The zero-order valence-corrected chi connectivity index (χ0v) is 11.8.